The predicted molar refractivity (Wildman–Crippen MR) is 73.6 cm³/mol. The van der Waals surface area contributed by atoms with Crippen LogP contribution >= 0.6 is 0 Å². The number of rotatable bonds is 3. The van der Waals surface area contributed by atoms with Gasteiger partial charge in [-0.3, -0.25) is 5.32 Å². The molecule has 0 spiro atoms. The molecule has 0 aliphatic heterocycles. The number of carbonyl (C=O) groups is 1. The van der Waals surface area contributed by atoms with E-state index in [1.807, 2.05) is 37.3 Å². The number of amides is 2. The largest absolute Gasteiger partial charge is 0.360 e. The highest BCUT2D eigenvalue weighted by Gasteiger charge is 2.03. The molecule has 0 radical (unpaired) electrons. The lowest BCUT2D eigenvalue weighted by molar-refractivity contribution is 0.255. The highest BCUT2D eigenvalue weighted by Crippen LogP contribution is 2.08. The molecule has 0 unspecified atom stereocenters. The number of anilines is 1. The molecule has 1 aromatic carbocycles. The number of nitrogens with one attached hydrogen (secondary N) is 2. The van der Waals surface area contributed by atoms with E-state index < -0.39 is 0 Å². The minimum absolute atomic E-state index is 0.363. The zero-order valence-corrected chi connectivity index (χ0v) is 10.8. The van der Waals surface area contributed by atoms with E-state index in [0.29, 0.717) is 11.6 Å². The van der Waals surface area contributed by atoms with Crippen molar-refractivity contribution in [3.8, 4) is 0 Å². The second-order valence-electron chi connectivity index (χ2n) is 4.11. The lowest BCUT2D eigenvalue weighted by Gasteiger charge is -2.01. The normalized spacial score (nSPS) is 10.6. The van der Waals surface area contributed by atoms with Crippen LogP contribution in [-0.2, 0) is 0 Å². The van der Waals surface area contributed by atoms with Crippen molar-refractivity contribution in [2.24, 2.45) is 0 Å². The van der Waals surface area contributed by atoms with Crippen molar-refractivity contribution < 1.29 is 9.32 Å². The summed E-state index contributed by atoms with van der Waals surface area (Å²) >= 11 is 0. The van der Waals surface area contributed by atoms with Crippen LogP contribution in [0.1, 0.15) is 16.9 Å². The quantitative estimate of drug-likeness (QED) is 0.887. The highest BCUT2D eigenvalue weighted by atomic mass is 16.5. The van der Waals surface area contributed by atoms with E-state index in [1.165, 1.54) is 0 Å². The van der Waals surface area contributed by atoms with Crippen LogP contribution in [0.4, 0.5) is 10.6 Å². The Kier molecular flexibility index (Phi) is 3.97. The van der Waals surface area contributed by atoms with Gasteiger partial charge in [0.15, 0.2) is 5.82 Å². The average molecular weight is 257 g/mol. The zero-order chi connectivity index (χ0) is 13.7. The Balaban J connectivity index is 1.88. The van der Waals surface area contributed by atoms with E-state index in [0.717, 1.165) is 11.1 Å². The van der Waals surface area contributed by atoms with E-state index in [2.05, 4.69) is 15.8 Å². The Morgan fingerprint density at radius 2 is 2.11 bits per heavy atom. The summed E-state index contributed by atoms with van der Waals surface area (Å²) in [6.07, 6.45) is 3.42. The zero-order valence-electron chi connectivity index (χ0n) is 10.8. The Bertz CT molecular complexity index is 602. The summed E-state index contributed by atoms with van der Waals surface area (Å²) in [4.78, 5) is 11.5. The molecule has 0 fully saturated rings. The molecule has 98 valence electrons. The maximum absolute atomic E-state index is 11.5. The van der Waals surface area contributed by atoms with Crippen molar-refractivity contribution in [1.29, 1.82) is 0 Å². The van der Waals surface area contributed by atoms with Crippen molar-refractivity contribution in [2.45, 2.75) is 13.8 Å². The van der Waals surface area contributed by atoms with Crippen molar-refractivity contribution in [1.82, 2.24) is 10.5 Å². The van der Waals surface area contributed by atoms with Crippen LogP contribution in [-0.4, -0.2) is 11.2 Å². The minimum atomic E-state index is -0.363. The summed E-state index contributed by atoms with van der Waals surface area (Å²) in [6.45, 7) is 3.77. The third-order valence-corrected chi connectivity index (χ3v) is 2.54. The van der Waals surface area contributed by atoms with Gasteiger partial charge in [-0.15, -0.1) is 0 Å². The second kappa shape index (κ2) is 5.86. The summed E-state index contributed by atoms with van der Waals surface area (Å²) in [5.41, 5.74) is 2.20. The number of nitrogens with zero attached hydrogens (tertiary/aromatic N) is 1. The molecule has 2 amide bonds. The molecule has 2 aromatic rings. The van der Waals surface area contributed by atoms with Gasteiger partial charge in [0, 0.05) is 12.3 Å². The molecule has 2 rings (SSSR count). The summed E-state index contributed by atoms with van der Waals surface area (Å²) in [5.74, 6) is 1.03. The molecule has 0 bridgehead atoms. The van der Waals surface area contributed by atoms with Crippen LogP contribution in [0.3, 0.4) is 0 Å². The lowest BCUT2D eigenvalue weighted by Crippen LogP contribution is -2.23. The van der Waals surface area contributed by atoms with E-state index in [4.69, 9.17) is 4.52 Å². The first-order valence-corrected chi connectivity index (χ1v) is 5.88. The number of carbonyl (C=O) groups excluding carboxylic acids is 1. The second-order valence-corrected chi connectivity index (χ2v) is 4.11. The van der Waals surface area contributed by atoms with Gasteiger partial charge in [-0.2, -0.15) is 0 Å². The molecule has 0 aliphatic rings. The van der Waals surface area contributed by atoms with Gasteiger partial charge in [-0.1, -0.05) is 29.4 Å². The van der Waals surface area contributed by atoms with Gasteiger partial charge in [0.05, 0.1) is 0 Å². The van der Waals surface area contributed by atoms with Crippen LogP contribution in [0, 0.1) is 13.8 Å². The fourth-order valence-corrected chi connectivity index (χ4v) is 1.56. The number of hydrogen-bond acceptors (Lipinski definition) is 3. The van der Waals surface area contributed by atoms with Gasteiger partial charge < -0.3 is 9.84 Å². The maximum Gasteiger partial charge on any atom is 0.324 e. The molecule has 2 N–H and O–H groups in total. The average Bonchev–Trinajstić information content (AvgIpc) is 2.77. The Morgan fingerprint density at radius 1 is 1.32 bits per heavy atom. The molecule has 5 heteroatoms. The number of aromatic nitrogens is 1. The molecular weight excluding hydrogens is 242 g/mol. The van der Waals surface area contributed by atoms with Crippen LogP contribution in [0.5, 0.6) is 0 Å². The number of urea groups is 1. The summed E-state index contributed by atoms with van der Waals surface area (Å²) < 4.78 is 4.84. The smallest absolute Gasteiger partial charge is 0.324 e. The molecule has 1 heterocycles. The standard InChI is InChI=1S/C14H15N3O2/c1-10-5-3-4-6-12(10)7-8-15-14(18)16-13-9-11(2)19-17-13/h3-9H,1-2H3,(H2,15,16,17,18)/b8-7+. The van der Waals surface area contributed by atoms with Crippen molar-refractivity contribution in [3.63, 3.8) is 0 Å². The highest BCUT2D eigenvalue weighted by molar-refractivity contribution is 5.89. The molecule has 0 atom stereocenters. The molecule has 5 nitrogen and oxygen atoms in total. The number of hydrogen-bond donors (Lipinski definition) is 2. The van der Waals surface area contributed by atoms with Gasteiger partial charge in [0.25, 0.3) is 0 Å². The first-order chi connectivity index (χ1) is 9.15. The molecular formula is C14H15N3O2. The van der Waals surface area contributed by atoms with Crippen molar-refractivity contribution in [3.05, 3.63) is 53.4 Å². The molecule has 0 aliphatic carbocycles. The SMILES string of the molecule is Cc1cc(NC(=O)N/C=C/c2ccccc2C)no1. The third kappa shape index (κ3) is 3.70. The summed E-state index contributed by atoms with van der Waals surface area (Å²) in [6, 6.07) is 9.19. The fraction of sp³-hybridized carbons (Fsp3) is 0.143. The topological polar surface area (TPSA) is 67.2 Å². The monoisotopic (exact) mass is 257 g/mol. The van der Waals surface area contributed by atoms with Crippen LogP contribution in [0.15, 0.2) is 41.1 Å². The minimum Gasteiger partial charge on any atom is -0.360 e. The first-order valence-electron chi connectivity index (χ1n) is 5.88. The fourth-order valence-electron chi connectivity index (χ4n) is 1.56. The summed E-state index contributed by atoms with van der Waals surface area (Å²) in [5, 5.41) is 8.83. The Hall–Kier alpha value is -2.56. The van der Waals surface area contributed by atoms with Gasteiger partial charge in [-0.25, -0.2) is 4.79 Å². The molecule has 1 aromatic heterocycles. The van der Waals surface area contributed by atoms with Crippen LogP contribution in [0.25, 0.3) is 6.08 Å². The van der Waals surface area contributed by atoms with Gasteiger partial charge in [-0.05, 0) is 31.1 Å². The Morgan fingerprint density at radius 3 is 2.79 bits per heavy atom. The molecule has 0 saturated carbocycles. The van der Waals surface area contributed by atoms with Crippen molar-refractivity contribution >= 4 is 17.9 Å². The van der Waals surface area contributed by atoms with Crippen molar-refractivity contribution in [2.75, 3.05) is 5.32 Å². The van der Waals surface area contributed by atoms with E-state index in [9.17, 15) is 4.79 Å². The van der Waals surface area contributed by atoms with E-state index in [1.54, 1.807) is 19.2 Å². The molecule has 0 saturated heterocycles. The summed E-state index contributed by atoms with van der Waals surface area (Å²) in [7, 11) is 0. The van der Waals surface area contributed by atoms with Crippen LogP contribution in [0.2, 0.25) is 0 Å². The van der Waals surface area contributed by atoms with Crippen LogP contribution < -0.4 is 10.6 Å². The lowest BCUT2D eigenvalue weighted by atomic mass is 10.1. The maximum atomic E-state index is 11.5. The van der Waals surface area contributed by atoms with E-state index >= 15 is 0 Å². The molecule has 19 heavy (non-hydrogen) atoms. The predicted octanol–water partition coefficient (Wildman–Crippen LogP) is 3.08. The number of benzene rings is 1. The third-order valence-electron chi connectivity index (χ3n) is 2.54. The van der Waals surface area contributed by atoms with Gasteiger partial charge >= 0.3 is 6.03 Å². The Labute approximate surface area is 111 Å². The number of aryl methyl sites for hydroxylation is 2. The van der Waals surface area contributed by atoms with Gasteiger partial charge in [0.2, 0.25) is 0 Å². The van der Waals surface area contributed by atoms with E-state index in [-0.39, 0.29) is 6.03 Å². The first kappa shape index (κ1) is 12.9. The van der Waals surface area contributed by atoms with Gasteiger partial charge in [0.1, 0.15) is 5.76 Å².